The van der Waals surface area contributed by atoms with Crippen LogP contribution in [0.3, 0.4) is 0 Å². The zero-order chi connectivity index (χ0) is 12.8. The summed E-state index contributed by atoms with van der Waals surface area (Å²) in [5.41, 5.74) is 5.55. The molecule has 1 amide bonds. The zero-order valence-electron chi connectivity index (χ0n) is 11.2. The molecule has 0 aromatic heterocycles. The molecule has 0 spiro atoms. The molecule has 1 saturated heterocycles. The summed E-state index contributed by atoms with van der Waals surface area (Å²) in [6.45, 7) is 3.05. The molecule has 2 fully saturated rings. The first-order valence-corrected chi connectivity index (χ1v) is 7.33. The highest BCUT2D eigenvalue weighted by Crippen LogP contribution is 2.37. The maximum absolute atomic E-state index is 12.2. The second kappa shape index (κ2) is 6.53. The average Bonchev–Trinajstić information content (AvgIpc) is 2.90. The second-order valence-corrected chi connectivity index (χ2v) is 5.79. The number of nitrogens with two attached hydrogens (primary N) is 1. The van der Waals surface area contributed by atoms with E-state index >= 15 is 0 Å². The van der Waals surface area contributed by atoms with Gasteiger partial charge in [0.05, 0.1) is 5.41 Å². The SMILES string of the molecule is NCC1(C(=O)NCCC2CCOCC2)CCCC1. The van der Waals surface area contributed by atoms with E-state index in [0.29, 0.717) is 6.54 Å². The molecular formula is C14H26N2O2. The first-order chi connectivity index (χ1) is 8.77. The summed E-state index contributed by atoms with van der Waals surface area (Å²) in [6.07, 6.45) is 7.57. The van der Waals surface area contributed by atoms with Gasteiger partial charge >= 0.3 is 0 Å². The van der Waals surface area contributed by atoms with Gasteiger partial charge in [0.25, 0.3) is 0 Å². The Morgan fingerprint density at radius 1 is 1.28 bits per heavy atom. The molecule has 2 aliphatic rings. The summed E-state index contributed by atoms with van der Waals surface area (Å²) < 4.78 is 5.34. The lowest BCUT2D eigenvalue weighted by Gasteiger charge is -2.27. The van der Waals surface area contributed by atoms with Crippen molar-refractivity contribution in [1.29, 1.82) is 0 Å². The fourth-order valence-corrected chi connectivity index (χ4v) is 3.19. The van der Waals surface area contributed by atoms with Crippen LogP contribution in [0.5, 0.6) is 0 Å². The van der Waals surface area contributed by atoms with Gasteiger partial charge in [-0.3, -0.25) is 4.79 Å². The number of nitrogens with one attached hydrogen (secondary N) is 1. The normalized spacial score (nSPS) is 24.1. The van der Waals surface area contributed by atoms with Crippen LogP contribution in [0.2, 0.25) is 0 Å². The van der Waals surface area contributed by atoms with E-state index in [-0.39, 0.29) is 11.3 Å². The smallest absolute Gasteiger partial charge is 0.227 e. The van der Waals surface area contributed by atoms with Gasteiger partial charge < -0.3 is 15.8 Å². The molecule has 104 valence electrons. The molecule has 4 nitrogen and oxygen atoms in total. The van der Waals surface area contributed by atoms with Crippen molar-refractivity contribution >= 4 is 5.91 Å². The monoisotopic (exact) mass is 254 g/mol. The standard InChI is InChI=1S/C14H26N2O2/c15-11-14(6-1-2-7-14)13(17)16-8-3-12-4-9-18-10-5-12/h12H,1-11,15H2,(H,16,17). The minimum Gasteiger partial charge on any atom is -0.381 e. The molecule has 0 radical (unpaired) electrons. The first kappa shape index (κ1) is 13.8. The lowest BCUT2D eigenvalue weighted by molar-refractivity contribution is -0.130. The van der Waals surface area contributed by atoms with Crippen LogP contribution in [-0.2, 0) is 9.53 Å². The summed E-state index contributed by atoms with van der Waals surface area (Å²) in [6, 6.07) is 0. The lowest BCUT2D eigenvalue weighted by atomic mass is 9.85. The Bertz CT molecular complexity index is 269. The Labute approximate surface area is 110 Å². The maximum atomic E-state index is 12.2. The third-order valence-corrected chi connectivity index (χ3v) is 4.61. The van der Waals surface area contributed by atoms with Gasteiger partial charge in [-0.1, -0.05) is 12.8 Å². The lowest BCUT2D eigenvalue weighted by Crippen LogP contribution is -2.44. The third-order valence-electron chi connectivity index (χ3n) is 4.61. The Morgan fingerprint density at radius 2 is 1.94 bits per heavy atom. The van der Waals surface area contributed by atoms with Gasteiger partial charge in [0.2, 0.25) is 5.91 Å². The Kier molecular flexibility index (Phi) is 5.01. The number of ether oxygens (including phenoxy) is 1. The van der Waals surface area contributed by atoms with Crippen LogP contribution in [0.4, 0.5) is 0 Å². The van der Waals surface area contributed by atoms with Crippen LogP contribution in [0.25, 0.3) is 0 Å². The van der Waals surface area contributed by atoms with Gasteiger partial charge in [0.15, 0.2) is 0 Å². The molecule has 0 unspecified atom stereocenters. The van der Waals surface area contributed by atoms with Gasteiger partial charge in [-0.2, -0.15) is 0 Å². The van der Waals surface area contributed by atoms with Gasteiger partial charge in [0.1, 0.15) is 0 Å². The number of hydrogen-bond donors (Lipinski definition) is 2. The Morgan fingerprint density at radius 3 is 2.56 bits per heavy atom. The molecular weight excluding hydrogens is 228 g/mol. The van der Waals surface area contributed by atoms with Crippen molar-refractivity contribution in [2.24, 2.45) is 17.1 Å². The van der Waals surface area contributed by atoms with E-state index in [1.807, 2.05) is 0 Å². The molecule has 0 bridgehead atoms. The van der Waals surface area contributed by atoms with E-state index < -0.39 is 0 Å². The van der Waals surface area contributed by atoms with E-state index in [0.717, 1.165) is 70.6 Å². The highest BCUT2D eigenvalue weighted by molar-refractivity contribution is 5.83. The Balaban J connectivity index is 1.70. The molecule has 0 atom stereocenters. The topological polar surface area (TPSA) is 64.4 Å². The summed E-state index contributed by atoms with van der Waals surface area (Å²) >= 11 is 0. The highest BCUT2D eigenvalue weighted by Gasteiger charge is 2.39. The molecule has 1 aliphatic carbocycles. The van der Waals surface area contributed by atoms with Crippen molar-refractivity contribution in [3.8, 4) is 0 Å². The average molecular weight is 254 g/mol. The first-order valence-electron chi connectivity index (χ1n) is 7.33. The van der Waals surface area contributed by atoms with Crippen LogP contribution in [0.15, 0.2) is 0 Å². The number of rotatable bonds is 5. The Hall–Kier alpha value is -0.610. The largest absolute Gasteiger partial charge is 0.381 e. The second-order valence-electron chi connectivity index (χ2n) is 5.79. The summed E-state index contributed by atoms with van der Waals surface area (Å²) in [5.74, 6) is 0.908. The minimum absolute atomic E-state index is 0.189. The van der Waals surface area contributed by atoms with Crippen LogP contribution < -0.4 is 11.1 Å². The van der Waals surface area contributed by atoms with Crippen molar-refractivity contribution in [3.05, 3.63) is 0 Å². The van der Waals surface area contributed by atoms with Crippen molar-refractivity contribution in [3.63, 3.8) is 0 Å². The van der Waals surface area contributed by atoms with Gasteiger partial charge in [-0.15, -0.1) is 0 Å². The van der Waals surface area contributed by atoms with E-state index in [1.54, 1.807) is 0 Å². The maximum Gasteiger partial charge on any atom is 0.227 e. The highest BCUT2D eigenvalue weighted by atomic mass is 16.5. The predicted molar refractivity (Wildman–Crippen MR) is 71.1 cm³/mol. The number of hydrogen-bond acceptors (Lipinski definition) is 3. The summed E-state index contributed by atoms with van der Waals surface area (Å²) in [5, 5.41) is 3.10. The summed E-state index contributed by atoms with van der Waals surface area (Å²) in [7, 11) is 0. The van der Waals surface area contributed by atoms with Gasteiger partial charge in [-0.05, 0) is 38.0 Å². The molecule has 1 heterocycles. The number of carbonyl (C=O) groups is 1. The van der Waals surface area contributed by atoms with E-state index in [2.05, 4.69) is 5.32 Å². The van der Waals surface area contributed by atoms with Crippen molar-refractivity contribution in [2.45, 2.75) is 44.9 Å². The molecule has 18 heavy (non-hydrogen) atoms. The minimum atomic E-state index is -0.254. The number of amides is 1. The van der Waals surface area contributed by atoms with E-state index in [4.69, 9.17) is 10.5 Å². The zero-order valence-corrected chi connectivity index (χ0v) is 11.2. The van der Waals surface area contributed by atoms with Crippen LogP contribution in [0, 0.1) is 11.3 Å². The fourth-order valence-electron chi connectivity index (χ4n) is 3.19. The molecule has 4 heteroatoms. The number of carbonyl (C=O) groups excluding carboxylic acids is 1. The summed E-state index contributed by atoms with van der Waals surface area (Å²) in [4.78, 5) is 12.2. The molecule has 3 N–H and O–H groups in total. The van der Waals surface area contributed by atoms with E-state index in [1.165, 1.54) is 0 Å². The fraction of sp³-hybridized carbons (Fsp3) is 0.929. The van der Waals surface area contributed by atoms with E-state index in [9.17, 15) is 4.79 Å². The van der Waals surface area contributed by atoms with Gasteiger partial charge in [-0.25, -0.2) is 0 Å². The predicted octanol–water partition coefficient (Wildman–Crippen LogP) is 1.44. The third kappa shape index (κ3) is 3.23. The molecule has 0 aromatic rings. The molecule has 1 aliphatic heterocycles. The van der Waals surface area contributed by atoms with Gasteiger partial charge in [0, 0.05) is 26.3 Å². The van der Waals surface area contributed by atoms with Crippen LogP contribution in [-0.4, -0.2) is 32.2 Å². The van der Waals surface area contributed by atoms with Crippen molar-refractivity contribution in [1.82, 2.24) is 5.32 Å². The van der Waals surface area contributed by atoms with Crippen molar-refractivity contribution < 1.29 is 9.53 Å². The van der Waals surface area contributed by atoms with Crippen molar-refractivity contribution in [2.75, 3.05) is 26.3 Å². The molecule has 1 saturated carbocycles. The van der Waals surface area contributed by atoms with Crippen LogP contribution in [0.1, 0.15) is 44.9 Å². The van der Waals surface area contributed by atoms with Crippen LogP contribution >= 0.6 is 0 Å². The molecule has 0 aromatic carbocycles. The quantitative estimate of drug-likeness (QED) is 0.780. The molecule has 2 rings (SSSR count).